The molecule has 1 heterocycles. The zero-order valence-corrected chi connectivity index (χ0v) is 14.2. The first-order chi connectivity index (χ1) is 11.4. The van der Waals surface area contributed by atoms with E-state index >= 15 is 0 Å². The fourth-order valence-corrected chi connectivity index (χ4v) is 3.40. The second-order valence-electron chi connectivity index (χ2n) is 6.00. The van der Waals surface area contributed by atoms with Crippen LogP contribution in [0.4, 0.5) is 0 Å². The molecule has 0 saturated carbocycles. The SMILES string of the molecule is CS(=O)(=O)c1cccc(C(=O)NCC2COc3ccccc3C2)c1. The van der Waals surface area contributed by atoms with Crippen molar-refractivity contribution in [3.63, 3.8) is 0 Å². The molecule has 0 aromatic heterocycles. The number of sulfone groups is 1. The Hall–Kier alpha value is -2.34. The highest BCUT2D eigenvalue weighted by molar-refractivity contribution is 7.90. The highest BCUT2D eigenvalue weighted by atomic mass is 32.2. The normalized spacial score (nSPS) is 16.8. The number of amides is 1. The molecule has 2 aromatic carbocycles. The van der Waals surface area contributed by atoms with Crippen LogP contribution in [0.3, 0.4) is 0 Å². The van der Waals surface area contributed by atoms with Gasteiger partial charge in [0, 0.05) is 24.3 Å². The number of carbonyl (C=O) groups excluding carboxylic acids is 1. The van der Waals surface area contributed by atoms with E-state index in [-0.39, 0.29) is 16.7 Å². The van der Waals surface area contributed by atoms with Gasteiger partial charge in [0.2, 0.25) is 0 Å². The predicted molar refractivity (Wildman–Crippen MR) is 91.0 cm³/mol. The van der Waals surface area contributed by atoms with E-state index in [0.717, 1.165) is 24.0 Å². The van der Waals surface area contributed by atoms with Crippen LogP contribution in [-0.4, -0.2) is 33.7 Å². The first kappa shape index (κ1) is 16.5. The Morgan fingerprint density at radius 1 is 1.21 bits per heavy atom. The monoisotopic (exact) mass is 345 g/mol. The smallest absolute Gasteiger partial charge is 0.251 e. The Morgan fingerprint density at radius 2 is 2.00 bits per heavy atom. The molecule has 126 valence electrons. The molecule has 1 amide bonds. The van der Waals surface area contributed by atoms with E-state index in [4.69, 9.17) is 4.74 Å². The fraction of sp³-hybridized carbons (Fsp3) is 0.278. The molecule has 1 aliphatic heterocycles. The van der Waals surface area contributed by atoms with Gasteiger partial charge in [0.1, 0.15) is 5.75 Å². The number of fused-ring (bicyclic) bond motifs is 1. The minimum atomic E-state index is -3.33. The van der Waals surface area contributed by atoms with Gasteiger partial charge in [0.25, 0.3) is 5.91 Å². The van der Waals surface area contributed by atoms with Crippen LogP contribution in [0.1, 0.15) is 15.9 Å². The second kappa shape index (κ2) is 6.65. The van der Waals surface area contributed by atoms with Crippen molar-refractivity contribution >= 4 is 15.7 Å². The lowest BCUT2D eigenvalue weighted by Gasteiger charge is -2.25. The molecule has 1 unspecified atom stereocenters. The van der Waals surface area contributed by atoms with Gasteiger partial charge < -0.3 is 10.1 Å². The van der Waals surface area contributed by atoms with Crippen LogP contribution < -0.4 is 10.1 Å². The third-order valence-corrected chi connectivity index (χ3v) is 5.14. The standard InChI is InChI=1S/C18H19NO4S/c1-24(21,22)16-7-4-6-15(10-16)18(20)19-11-13-9-14-5-2-3-8-17(14)23-12-13/h2-8,10,13H,9,11-12H2,1H3,(H,19,20). The number of para-hydroxylation sites is 1. The van der Waals surface area contributed by atoms with E-state index in [2.05, 4.69) is 5.32 Å². The number of nitrogens with one attached hydrogen (secondary N) is 1. The molecule has 0 spiro atoms. The second-order valence-corrected chi connectivity index (χ2v) is 8.01. The Bertz CT molecular complexity index is 861. The molecule has 1 aliphatic rings. The van der Waals surface area contributed by atoms with Gasteiger partial charge in [-0.3, -0.25) is 4.79 Å². The van der Waals surface area contributed by atoms with Crippen LogP contribution in [0.25, 0.3) is 0 Å². The van der Waals surface area contributed by atoms with Crippen molar-refractivity contribution in [3.8, 4) is 5.75 Å². The molecule has 5 nitrogen and oxygen atoms in total. The summed E-state index contributed by atoms with van der Waals surface area (Å²) in [5.74, 6) is 0.822. The molecule has 2 aromatic rings. The maximum atomic E-state index is 12.3. The van der Waals surface area contributed by atoms with Crippen LogP contribution >= 0.6 is 0 Å². The minimum Gasteiger partial charge on any atom is -0.493 e. The van der Waals surface area contributed by atoms with E-state index in [1.807, 2.05) is 24.3 Å². The first-order valence-corrected chi connectivity index (χ1v) is 9.61. The largest absolute Gasteiger partial charge is 0.493 e. The van der Waals surface area contributed by atoms with E-state index in [1.54, 1.807) is 12.1 Å². The summed E-state index contributed by atoms with van der Waals surface area (Å²) in [7, 11) is -3.33. The molecule has 24 heavy (non-hydrogen) atoms. The molecule has 6 heteroatoms. The van der Waals surface area contributed by atoms with Gasteiger partial charge >= 0.3 is 0 Å². The molecule has 1 N–H and O–H groups in total. The van der Waals surface area contributed by atoms with Crippen LogP contribution in [0.15, 0.2) is 53.4 Å². The number of benzene rings is 2. The van der Waals surface area contributed by atoms with Gasteiger partial charge in [-0.15, -0.1) is 0 Å². The number of hydrogen-bond donors (Lipinski definition) is 1. The van der Waals surface area contributed by atoms with Crippen molar-refractivity contribution in [2.45, 2.75) is 11.3 Å². The topological polar surface area (TPSA) is 72.5 Å². The summed E-state index contributed by atoms with van der Waals surface area (Å²) in [6.07, 6.45) is 1.97. The van der Waals surface area contributed by atoms with Crippen molar-refractivity contribution < 1.29 is 17.9 Å². The van der Waals surface area contributed by atoms with Crippen molar-refractivity contribution in [3.05, 3.63) is 59.7 Å². The Morgan fingerprint density at radius 3 is 2.79 bits per heavy atom. The maximum Gasteiger partial charge on any atom is 0.251 e. The summed E-state index contributed by atoms with van der Waals surface area (Å²) in [6.45, 7) is 1.04. The zero-order chi connectivity index (χ0) is 17.2. The van der Waals surface area contributed by atoms with E-state index < -0.39 is 9.84 Å². The summed E-state index contributed by atoms with van der Waals surface area (Å²) in [5.41, 5.74) is 1.48. The van der Waals surface area contributed by atoms with E-state index in [0.29, 0.717) is 18.7 Å². The number of carbonyl (C=O) groups is 1. The lowest BCUT2D eigenvalue weighted by atomic mass is 9.96. The Balaban J connectivity index is 1.63. The Labute approximate surface area is 141 Å². The van der Waals surface area contributed by atoms with Gasteiger partial charge in [-0.1, -0.05) is 24.3 Å². The van der Waals surface area contributed by atoms with Gasteiger partial charge in [-0.05, 0) is 36.2 Å². The van der Waals surface area contributed by atoms with Gasteiger partial charge in [-0.2, -0.15) is 0 Å². The third-order valence-electron chi connectivity index (χ3n) is 4.03. The van der Waals surface area contributed by atoms with Crippen molar-refractivity contribution in [1.29, 1.82) is 0 Å². The average molecular weight is 345 g/mol. The lowest BCUT2D eigenvalue weighted by Crippen LogP contribution is -2.34. The fourth-order valence-electron chi connectivity index (χ4n) is 2.73. The summed E-state index contributed by atoms with van der Waals surface area (Å²) >= 11 is 0. The van der Waals surface area contributed by atoms with Crippen LogP contribution in [0.2, 0.25) is 0 Å². The molecule has 0 fully saturated rings. The third kappa shape index (κ3) is 3.76. The molecule has 0 aliphatic carbocycles. The van der Waals surface area contributed by atoms with Crippen molar-refractivity contribution in [1.82, 2.24) is 5.32 Å². The van der Waals surface area contributed by atoms with Gasteiger partial charge in [-0.25, -0.2) is 8.42 Å². The summed E-state index contributed by atoms with van der Waals surface area (Å²) < 4.78 is 28.9. The molecule has 1 atom stereocenters. The summed E-state index contributed by atoms with van der Waals surface area (Å²) in [4.78, 5) is 12.4. The van der Waals surface area contributed by atoms with Gasteiger partial charge in [0.05, 0.1) is 11.5 Å². The molecular formula is C18H19NO4S. The molecule has 3 rings (SSSR count). The summed E-state index contributed by atoms with van der Waals surface area (Å²) in [5, 5.41) is 2.86. The number of hydrogen-bond acceptors (Lipinski definition) is 4. The number of ether oxygens (including phenoxy) is 1. The first-order valence-electron chi connectivity index (χ1n) is 7.72. The van der Waals surface area contributed by atoms with Crippen LogP contribution in [0, 0.1) is 5.92 Å². The van der Waals surface area contributed by atoms with E-state index in [1.165, 1.54) is 12.1 Å². The number of rotatable bonds is 4. The highest BCUT2D eigenvalue weighted by Gasteiger charge is 2.20. The van der Waals surface area contributed by atoms with Crippen molar-refractivity contribution in [2.75, 3.05) is 19.4 Å². The predicted octanol–water partition coefficient (Wildman–Crippen LogP) is 2.07. The van der Waals surface area contributed by atoms with E-state index in [9.17, 15) is 13.2 Å². The zero-order valence-electron chi connectivity index (χ0n) is 13.4. The van der Waals surface area contributed by atoms with Crippen molar-refractivity contribution in [2.24, 2.45) is 5.92 Å². The molecule has 0 saturated heterocycles. The molecule has 0 bridgehead atoms. The lowest BCUT2D eigenvalue weighted by molar-refractivity contribution is 0.0939. The Kier molecular flexibility index (Phi) is 4.57. The van der Waals surface area contributed by atoms with Gasteiger partial charge in [0.15, 0.2) is 9.84 Å². The van der Waals surface area contributed by atoms with Crippen LogP contribution in [0.5, 0.6) is 5.75 Å². The van der Waals surface area contributed by atoms with Crippen LogP contribution in [-0.2, 0) is 16.3 Å². The summed E-state index contributed by atoms with van der Waals surface area (Å²) in [6, 6.07) is 14.0. The quantitative estimate of drug-likeness (QED) is 0.921. The highest BCUT2D eigenvalue weighted by Crippen LogP contribution is 2.26. The maximum absolute atomic E-state index is 12.3. The molecule has 0 radical (unpaired) electrons. The average Bonchev–Trinajstić information content (AvgIpc) is 2.59. The molecular weight excluding hydrogens is 326 g/mol. The minimum absolute atomic E-state index is 0.144.